The molecule has 10 N–H and O–H groups in total. The Labute approximate surface area is 142 Å². The number of carbonyl (C=O) groups excluding carboxylic acids is 1. The van der Waals surface area contributed by atoms with Crippen molar-refractivity contribution in [3.63, 3.8) is 0 Å². The van der Waals surface area contributed by atoms with Gasteiger partial charge in [-0.05, 0) is 37.4 Å². The lowest BCUT2D eigenvalue weighted by molar-refractivity contribution is -0.122. The summed E-state index contributed by atoms with van der Waals surface area (Å²) < 4.78 is 0. The number of amides is 1. The van der Waals surface area contributed by atoms with Crippen molar-refractivity contribution in [1.82, 2.24) is 10.7 Å². The molecule has 0 aliphatic rings. The summed E-state index contributed by atoms with van der Waals surface area (Å²) >= 11 is 4.66. The van der Waals surface area contributed by atoms with Gasteiger partial charge in [-0.2, -0.15) is 5.10 Å². The van der Waals surface area contributed by atoms with Crippen LogP contribution in [0.2, 0.25) is 0 Å². The predicted molar refractivity (Wildman–Crippen MR) is 97.7 cm³/mol. The van der Waals surface area contributed by atoms with Crippen molar-refractivity contribution >= 4 is 35.4 Å². The number of rotatable bonds is 10. The van der Waals surface area contributed by atoms with Gasteiger partial charge in [-0.3, -0.25) is 15.2 Å². The van der Waals surface area contributed by atoms with Gasteiger partial charge in [0.2, 0.25) is 5.91 Å². The number of nitrogens with one attached hydrogen (secondary N) is 2. The molecule has 23 heavy (non-hydrogen) atoms. The average molecular weight is 344 g/mol. The lowest BCUT2D eigenvalue weighted by Gasteiger charge is -2.19. The molecule has 0 aromatic heterocycles. The fourth-order valence-electron chi connectivity index (χ4n) is 1.80. The van der Waals surface area contributed by atoms with Crippen molar-refractivity contribution in [2.45, 2.75) is 45.2 Å². The van der Waals surface area contributed by atoms with Gasteiger partial charge in [0.15, 0.2) is 11.1 Å². The molecule has 1 amide bonds. The summed E-state index contributed by atoms with van der Waals surface area (Å²) in [6.07, 6.45) is 3.38. The smallest absolute Gasteiger partial charge is 0.237 e. The zero-order valence-electron chi connectivity index (χ0n) is 13.7. The minimum Gasteiger partial charge on any atom is -0.375 e. The van der Waals surface area contributed by atoms with Crippen molar-refractivity contribution < 1.29 is 4.79 Å². The van der Waals surface area contributed by atoms with Crippen LogP contribution >= 0.6 is 12.2 Å². The summed E-state index contributed by atoms with van der Waals surface area (Å²) in [5.74, 6) is 0.151. The van der Waals surface area contributed by atoms with E-state index in [1.807, 2.05) is 13.8 Å². The lowest BCUT2D eigenvalue weighted by Crippen LogP contribution is -2.46. The van der Waals surface area contributed by atoms with Gasteiger partial charge in [-0.15, -0.1) is 0 Å². The highest BCUT2D eigenvalue weighted by Crippen LogP contribution is 2.04. The number of thiocarbonyl (C=S) groups is 1. The van der Waals surface area contributed by atoms with E-state index in [4.69, 9.17) is 22.9 Å². The van der Waals surface area contributed by atoms with Gasteiger partial charge in [0.1, 0.15) is 0 Å². The third-order valence-corrected chi connectivity index (χ3v) is 2.88. The second-order valence-electron chi connectivity index (χ2n) is 5.55. The SMILES string of the molecule is CC(C)C[C@@H](C=NNC(N)=S)NC(=O)[C@@H](N)CCCN=C(N)N. The van der Waals surface area contributed by atoms with Gasteiger partial charge in [0, 0.05) is 12.8 Å². The second kappa shape index (κ2) is 11.6. The first-order chi connectivity index (χ1) is 10.7. The largest absolute Gasteiger partial charge is 0.375 e. The maximum absolute atomic E-state index is 12.1. The highest BCUT2D eigenvalue weighted by atomic mass is 32.1. The first-order valence-electron chi connectivity index (χ1n) is 7.42. The zero-order valence-corrected chi connectivity index (χ0v) is 14.5. The summed E-state index contributed by atoms with van der Waals surface area (Å²) in [6.45, 7) is 4.53. The van der Waals surface area contributed by atoms with Crippen molar-refractivity contribution in [3.8, 4) is 0 Å². The van der Waals surface area contributed by atoms with Gasteiger partial charge in [0.25, 0.3) is 0 Å². The Morgan fingerprint density at radius 1 is 1.30 bits per heavy atom. The number of carbonyl (C=O) groups is 1. The van der Waals surface area contributed by atoms with Crippen LogP contribution < -0.4 is 33.7 Å². The highest BCUT2D eigenvalue weighted by molar-refractivity contribution is 7.80. The number of aliphatic imine (C=N–C) groups is 1. The molecule has 9 nitrogen and oxygen atoms in total. The van der Waals surface area contributed by atoms with E-state index in [1.165, 1.54) is 0 Å². The normalized spacial score (nSPS) is 13.6. The molecule has 0 aromatic carbocycles. The Morgan fingerprint density at radius 3 is 2.48 bits per heavy atom. The van der Waals surface area contributed by atoms with Crippen LogP contribution in [0.1, 0.15) is 33.1 Å². The Balaban J connectivity index is 4.41. The van der Waals surface area contributed by atoms with Gasteiger partial charge in [0.05, 0.1) is 12.1 Å². The Morgan fingerprint density at radius 2 is 1.96 bits per heavy atom. The Hall–Kier alpha value is -1.94. The average Bonchev–Trinajstić information content (AvgIpc) is 2.41. The topological polar surface area (TPSA) is 170 Å². The van der Waals surface area contributed by atoms with Gasteiger partial charge in [-0.1, -0.05) is 13.8 Å². The van der Waals surface area contributed by atoms with E-state index in [1.54, 1.807) is 6.21 Å². The second-order valence-corrected chi connectivity index (χ2v) is 5.99. The number of hydrazone groups is 1. The molecule has 0 saturated carbocycles. The molecule has 0 heterocycles. The number of nitrogens with two attached hydrogens (primary N) is 4. The molecule has 0 aliphatic heterocycles. The van der Waals surface area contributed by atoms with E-state index in [2.05, 4.69) is 33.1 Å². The Bertz CT molecular complexity index is 434. The van der Waals surface area contributed by atoms with Crippen LogP contribution in [-0.4, -0.2) is 41.8 Å². The number of guanidine groups is 1. The summed E-state index contributed by atoms with van der Waals surface area (Å²) in [4.78, 5) is 16.0. The quantitative estimate of drug-likeness (QED) is 0.0941. The predicted octanol–water partition coefficient (Wildman–Crippen LogP) is -1.28. The molecule has 2 atom stereocenters. The Kier molecular flexibility index (Phi) is 10.6. The first kappa shape index (κ1) is 21.1. The number of hydrogen-bond acceptors (Lipinski definition) is 5. The standard InChI is InChI=1S/C13H28N8OS/c1-8(2)6-9(7-19-21-13(17)23)20-11(22)10(14)4-3-5-18-12(15)16/h7-10H,3-6,14H2,1-2H3,(H,20,22)(H4,15,16,18)(H3,17,21,23)/t9-,10-/m0/s1. The highest BCUT2D eigenvalue weighted by Gasteiger charge is 2.17. The number of hydrogen-bond donors (Lipinski definition) is 6. The van der Waals surface area contributed by atoms with Crippen molar-refractivity contribution in [2.24, 2.45) is 38.9 Å². The van der Waals surface area contributed by atoms with Gasteiger partial charge < -0.3 is 28.3 Å². The monoisotopic (exact) mass is 344 g/mol. The van der Waals surface area contributed by atoms with Crippen molar-refractivity contribution in [2.75, 3.05) is 6.54 Å². The maximum atomic E-state index is 12.1. The molecule has 0 saturated heterocycles. The zero-order chi connectivity index (χ0) is 17.8. The molecule has 0 rings (SSSR count). The van der Waals surface area contributed by atoms with E-state index in [9.17, 15) is 4.79 Å². The van der Waals surface area contributed by atoms with E-state index in [0.29, 0.717) is 25.3 Å². The molecule has 10 heteroatoms. The van der Waals surface area contributed by atoms with Crippen molar-refractivity contribution in [1.29, 1.82) is 0 Å². The molecule has 0 unspecified atom stereocenters. The summed E-state index contributed by atoms with van der Waals surface area (Å²) in [5.41, 5.74) is 24.1. The molecular formula is C13H28N8OS. The molecule has 0 radical (unpaired) electrons. The van der Waals surface area contributed by atoms with Crippen molar-refractivity contribution in [3.05, 3.63) is 0 Å². The first-order valence-corrected chi connectivity index (χ1v) is 7.83. The van der Waals surface area contributed by atoms with E-state index in [0.717, 1.165) is 6.42 Å². The van der Waals surface area contributed by atoms with E-state index in [-0.39, 0.29) is 23.0 Å². The molecule has 0 bridgehead atoms. The van der Waals surface area contributed by atoms with Crippen LogP contribution in [0, 0.1) is 5.92 Å². The van der Waals surface area contributed by atoms with Crippen LogP contribution in [0.4, 0.5) is 0 Å². The van der Waals surface area contributed by atoms with Crippen LogP contribution in [0.3, 0.4) is 0 Å². The van der Waals surface area contributed by atoms with Gasteiger partial charge in [-0.25, -0.2) is 0 Å². The van der Waals surface area contributed by atoms with Crippen LogP contribution in [0.15, 0.2) is 10.1 Å². The fraction of sp³-hybridized carbons (Fsp3) is 0.692. The molecule has 132 valence electrons. The maximum Gasteiger partial charge on any atom is 0.237 e. The minimum absolute atomic E-state index is 0.0292. The lowest BCUT2D eigenvalue weighted by atomic mass is 10.0. The third kappa shape index (κ3) is 12.3. The van der Waals surface area contributed by atoms with E-state index < -0.39 is 6.04 Å². The summed E-state index contributed by atoms with van der Waals surface area (Å²) in [6, 6.07) is -0.885. The molecule has 0 spiro atoms. The van der Waals surface area contributed by atoms with E-state index >= 15 is 0 Å². The molecule has 0 aliphatic carbocycles. The molecular weight excluding hydrogens is 316 g/mol. The van der Waals surface area contributed by atoms with Crippen LogP contribution in [-0.2, 0) is 4.79 Å². The fourth-order valence-corrected chi connectivity index (χ4v) is 1.85. The summed E-state index contributed by atoms with van der Waals surface area (Å²) in [5, 5.41) is 6.80. The molecule has 0 aromatic rings. The van der Waals surface area contributed by atoms with Gasteiger partial charge >= 0.3 is 0 Å². The number of nitrogens with zero attached hydrogens (tertiary/aromatic N) is 2. The third-order valence-electron chi connectivity index (χ3n) is 2.79. The summed E-state index contributed by atoms with van der Waals surface area (Å²) in [7, 11) is 0. The van der Waals surface area contributed by atoms with Crippen LogP contribution in [0.25, 0.3) is 0 Å². The minimum atomic E-state index is -0.629. The molecule has 0 fully saturated rings. The van der Waals surface area contributed by atoms with Crippen LogP contribution in [0.5, 0.6) is 0 Å².